The van der Waals surface area contributed by atoms with Gasteiger partial charge in [-0.05, 0) is 37.6 Å². The average Bonchev–Trinajstić information content (AvgIpc) is 2.70. The van der Waals surface area contributed by atoms with E-state index >= 15 is 0 Å². The van der Waals surface area contributed by atoms with Gasteiger partial charge in [0.2, 0.25) is 0 Å². The van der Waals surface area contributed by atoms with E-state index in [4.69, 9.17) is 5.11 Å². The molecule has 0 saturated heterocycles. The van der Waals surface area contributed by atoms with Crippen LogP contribution < -0.4 is 4.72 Å². The molecular weight excluding hydrogens is 282 g/mol. The molecular formula is C13H15NO3S2. The van der Waals surface area contributed by atoms with Crippen molar-refractivity contribution in [1.29, 1.82) is 0 Å². The fourth-order valence-corrected chi connectivity index (χ4v) is 4.38. The smallest absolute Gasteiger partial charge is 0.262 e. The van der Waals surface area contributed by atoms with Crippen LogP contribution >= 0.6 is 11.3 Å². The second-order valence-corrected chi connectivity index (χ2v) is 7.35. The molecule has 2 rings (SSSR count). The number of benzene rings is 1. The molecule has 0 amide bonds. The molecule has 0 aliphatic carbocycles. The Labute approximate surface area is 116 Å². The second kappa shape index (κ2) is 5.32. The number of aliphatic hydroxyl groups is 1. The van der Waals surface area contributed by atoms with E-state index < -0.39 is 10.0 Å². The van der Waals surface area contributed by atoms with Gasteiger partial charge in [-0.3, -0.25) is 4.72 Å². The maximum atomic E-state index is 12.2. The zero-order chi connectivity index (χ0) is 14.0. The van der Waals surface area contributed by atoms with Crippen molar-refractivity contribution < 1.29 is 13.5 Å². The Kier molecular flexibility index (Phi) is 3.93. The van der Waals surface area contributed by atoms with Gasteiger partial charge >= 0.3 is 0 Å². The van der Waals surface area contributed by atoms with Crippen molar-refractivity contribution in [3.8, 4) is 0 Å². The van der Waals surface area contributed by atoms with Gasteiger partial charge in [0.05, 0.1) is 6.61 Å². The molecule has 4 nitrogen and oxygen atoms in total. The largest absolute Gasteiger partial charge is 0.392 e. The van der Waals surface area contributed by atoms with Gasteiger partial charge in [-0.1, -0.05) is 12.1 Å². The van der Waals surface area contributed by atoms with E-state index in [0.29, 0.717) is 10.6 Å². The fraction of sp³-hybridized carbons (Fsp3) is 0.231. The van der Waals surface area contributed by atoms with Crippen LogP contribution in [-0.2, 0) is 16.6 Å². The van der Waals surface area contributed by atoms with Gasteiger partial charge in [0.1, 0.15) is 4.90 Å². The predicted octanol–water partition coefficient (Wildman–Crippen LogP) is 2.66. The third-order valence-corrected chi connectivity index (χ3v) is 5.28. The van der Waals surface area contributed by atoms with Crippen molar-refractivity contribution in [3.05, 3.63) is 45.6 Å². The van der Waals surface area contributed by atoms with E-state index in [9.17, 15) is 8.42 Å². The third kappa shape index (κ3) is 3.15. The van der Waals surface area contributed by atoms with Crippen molar-refractivity contribution in [2.45, 2.75) is 25.3 Å². The summed E-state index contributed by atoms with van der Waals surface area (Å²) in [7, 11) is -3.54. The molecule has 0 aliphatic heterocycles. The Bertz CT molecular complexity index is 672. The Morgan fingerprint density at radius 2 is 1.84 bits per heavy atom. The molecule has 0 atom stereocenters. The number of thiophene rings is 1. The van der Waals surface area contributed by atoms with Crippen LogP contribution in [0.25, 0.3) is 0 Å². The minimum absolute atomic E-state index is 0.0597. The fourth-order valence-electron chi connectivity index (χ4n) is 1.76. The van der Waals surface area contributed by atoms with Crippen LogP contribution in [0.15, 0.2) is 35.2 Å². The molecule has 0 radical (unpaired) electrons. The second-order valence-electron chi connectivity index (χ2n) is 4.24. The topological polar surface area (TPSA) is 66.4 Å². The maximum absolute atomic E-state index is 12.2. The summed E-state index contributed by atoms with van der Waals surface area (Å²) in [5.74, 6) is 0. The van der Waals surface area contributed by atoms with E-state index in [1.54, 1.807) is 37.3 Å². The molecule has 2 aromatic rings. The van der Waals surface area contributed by atoms with E-state index in [0.717, 1.165) is 15.3 Å². The van der Waals surface area contributed by atoms with E-state index in [1.165, 1.54) is 11.3 Å². The highest BCUT2D eigenvalue weighted by Crippen LogP contribution is 2.26. The lowest BCUT2D eigenvalue weighted by Crippen LogP contribution is -2.13. The Morgan fingerprint density at radius 1 is 1.21 bits per heavy atom. The van der Waals surface area contributed by atoms with Gasteiger partial charge < -0.3 is 5.11 Å². The summed E-state index contributed by atoms with van der Waals surface area (Å²) in [5, 5.41) is 8.94. The first kappa shape index (κ1) is 14.0. The van der Waals surface area contributed by atoms with Gasteiger partial charge in [-0.2, -0.15) is 0 Å². The number of rotatable bonds is 4. The molecule has 0 bridgehead atoms. The van der Waals surface area contributed by atoms with Gasteiger partial charge in [-0.15, -0.1) is 11.3 Å². The summed E-state index contributed by atoms with van der Waals surface area (Å²) in [6.45, 7) is 3.61. The molecule has 0 unspecified atom stereocenters. The highest BCUT2D eigenvalue weighted by atomic mass is 32.2. The summed E-state index contributed by atoms with van der Waals surface area (Å²) in [5.41, 5.74) is 1.23. The van der Waals surface area contributed by atoms with Crippen LogP contribution in [-0.4, -0.2) is 13.5 Å². The molecule has 0 aliphatic rings. The van der Waals surface area contributed by atoms with Gasteiger partial charge in [0.25, 0.3) is 10.0 Å². The number of nitrogens with one attached hydrogen (secondary N) is 1. The van der Waals surface area contributed by atoms with E-state index in [1.807, 2.05) is 6.92 Å². The standard InChI is InChI=1S/C13H15NO3S2/c1-9-7-13(10(2)18-9)19(16,17)14-12-5-3-11(8-15)4-6-12/h3-7,14-15H,8H2,1-2H3. The van der Waals surface area contributed by atoms with Gasteiger partial charge in [0.15, 0.2) is 0 Å². The monoisotopic (exact) mass is 297 g/mol. The summed E-state index contributed by atoms with van der Waals surface area (Å²) < 4.78 is 27.0. The van der Waals surface area contributed by atoms with Crippen LogP contribution in [0.5, 0.6) is 0 Å². The first-order valence-electron chi connectivity index (χ1n) is 5.72. The van der Waals surface area contributed by atoms with Crippen molar-refractivity contribution >= 4 is 27.0 Å². The highest BCUT2D eigenvalue weighted by molar-refractivity contribution is 7.93. The molecule has 0 fully saturated rings. The van der Waals surface area contributed by atoms with Crippen LogP contribution in [0, 0.1) is 13.8 Å². The molecule has 1 heterocycles. The normalized spacial score (nSPS) is 11.5. The zero-order valence-electron chi connectivity index (χ0n) is 10.7. The molecule has 1 aromatic heterocycles. The number of aryl methyl sites for hydroxylation is 2. The molecule has 0 spiro atoms. The van der Waals surface area contributed by atoms with Crippen molar-refractivity contribution in [2.24, 2.45) is 0 Å². The van der Waals surface area contributed by atoms with Crippen molar-refractivity contribution in [1.82, 2.24) is 0 Å². The number of aliphatic hydroxyl groups excluding tert-OH is 1. The molecule has 19 heavy (non-hydrogen) atoms. The van der Waals surface area contributed by atoms with E-state index in [-0.39, 0.29) is 6.61 Å². The van der Waals surface area contributed by atoms with Crippen molar-refractivity contribution in [2.75, 3.05) is 4.72 Å². The first-order valence-corrected chi connectivity index (χ1v) is 8.02. The number of hydrogen-bond donors (Lipinski definition) is 2. The highest BCUT2D eigenvalue weighted by Gasteiger charge is 2.19. The van der Waals surface area contributed by atoms with Crippen molar-refractivity contribution in [3.63, 3.8) is 0 Å². The molecule has 2 N–H and O–H groups in total. The molecule has 102 valence electrons. The predicted molar refractivity (Wildman–Crippen MR) is 77.0 cm³/mol. The average molecular weight is 297 g/mol. The lowest BCUT2D eigenvalue weighted by molar-refractivity contribution is 0.282. The van der Waals surface area contributed by atoms with Crippen LogP contribution in [0.1, 0.15) is 15.3 Å². The summed E-state index contributed by atoms with van der Waals surface area (Å²) in [6, 6.07) is 8.31. The van der Waals surface area contributed by atoms with E-state index in [2.05, 4.69) is 4.72 Å². The molecule has 0 saturated carbocycles. The number of hydrogen-bond acceptors (Lipinski definition) is 4. The number of anilines is 1. The SMILES string of the molecule is Cc1cc(S(=O)(=O)Nc2ccc(CO)cc2)c(C)s1. The van der Waals surface area contributed by atoms with Gasteiger partial charge in [0, 0.05) is 15.4 Å². The zero-order valence-corrected chi connectivity index (χ0v) is 12.3. The molecule has 6 heteroatoms. The Balaban J connectivity index is 2.28. The summed E-state index contributed by atoms with van der Waals surface area (Å²) in [4.78, 5) is 2.06. The summed E-state index contributed by atoms with van der Waals surface area (Å²) >= 11 is 1.46. The lowest BCUT2D eigenvalue weighted by Gasteiger charge is -2.08. The van der Waals surface area contributed by atoms with Crippen LogP contribution in [0.4, 0.5) is 5.69 Å². The first-order chi connectivity index (χ1) is 8.92. The lowest BCUT2D eigenvalue weighted by atomic mass is 10.2. The number of sulfonamides is 1. The van der Waals surface area contributed by atoms with Crippen LogP contribution in [0.2, 0.25) is 0 Å². The Morgan fingerprint density at radius 3 is 2.32 bits per heavy atom. The third-order valence-electron chi connectivity index (χ3n) is 2.67. The summed E-state index contributed by atoms with van der Waals surface area (Å²) in [6.07, 6.45) is 0. The molecule has 1 aromatic carbocycles. The maximum Gasteiger partial charge on any atom is 0.262 e. The van der Waals surface area contributed by atoms with Crippen LogP contribution in [0.3, 0.4) is 0 Å². The minimum atomic E-state index is -3.54. The minimum Gasteiger partial charge on any atom is -0.392 e. The van der Waals surface area contributed by atoms with Gasteiger partial charge in [-0.25, -0.2) is 8.42 Å². The quantitative estimate of drug-likeness (QED) is 0.911. The Hall–Kier alpha value is -1.37.